The van der Waals surface area contributed by atoms with E-state index in [0.717, 1.165) is 11.5 Å². The highest BCUT2D eigenvalue weighted by molar-refractivity contribution is 8.13. The third-order valence-electron chi connectivity index (χ3n) is 5.03. The Morgan fingerprint density at radius 3 is 2.47 bits per heavy atom. The van der Waals surface area contributed by atoms with Crippen LogP contribution in [0.25, 0.3) is 0 Å². The number of nitrogens with zero attached hydrogens (tertiary/aromatic N) is 4. The number of hydrogen-bond donors (Lipinski definition) is 0. The van der Waals surface area contributed by atoms with Crippen molar-refractivity contribution >= 4 is 40.4 Å². The minimum absolute atomic E-state index is 0.0738. The first-order chi connectivity index (χ1) is 14.1. The topological polar surface area (TPSA) is 83.1 Å². The number of thioether (sulfide) groups is 1. The molecular weight excluding hydrogens is 404 g/mol. The molecule has 1 unspecified atom stereocenters. The molecule has 1 aromatic rings. The lowest BCUT2D eigenvalue weighted by Crippen LogP contribution is -2.50. The Kier molecular flexibility index (Phi) is 6.90. The first-order valence-electron chi connectivity index (χ1n) is 10.2. The highest BCUT2D eigenvalue weighted by atomic mass is 32.2. The molecule has 1 aromatic heterocycles. The van der Waals surface area contributed by atoms with Crippen molar-refractivity contribution < 1.29 is 19.1 Å². The Labute approximate surface area is 181 Å². The molecule has 2 fully saturated rings. The number of carbonyl (C=O) groups excluding carboxylic acids is 3. The zero-order valence-electron chi connectivity index (χ0n) is 18.1. The molecule has 0 aromatic carbocycles. The van der Waals surface area contributed by atoms with Gasteiger partial charge in [0, 0.05) is 51.8 Å². The van der Waals surface area contributed by atoms with Gasteiger partial charge in [0.2, 0.25) is 5.91 Å². The van der Waals surface area contributed by atoms with Gasteiger partial charge in [0.05, 0.1) is 11.9 Å². The van der Waals surface area contributed by atoms with Gasteiger partial charge in [-0.2, -0.15) is 0 Å². The van der Waals surface area contributed by atoms with Crippen LogP contribution in [0.2, 0.25) is 0 Å². The number of aromatic nitrogens is 1. The van der Waals surface area contributed by atoms with Gasteiger partial charge in [-0.15, -0.1) is 0 Å². The van der Waals surface area contributed by atoms with E-state index in [4.69, 9.17) is 4.74 Å². The van der Waals surface area contributed by atoms with E-state index in [-0.39, 0.29) is 23.0 Å². The Balaban J connectivity index is 1.53. The molecule has 3 heterocycles. The van der Waals surface area contributed by atoms with Gasteiger partial charge in [-0.05, 0) is 38.8 Å². The first-order valence-corrected chi connectivity index (χ1v) is 11.2. The van der Waals surface area contributed by atoms with Crippen LogP contribution in [0, 0.1) is 5.92 Å². The molecule has 8 nitrogen and oxygen atoms in total. The predicted octanol–water partition coefficient (Wildman–Crippen LogP) is 2.77. The number of piperazine rings is 1. The smallest absolute Gasteiger partial charge is 0.410 e. The van der Waals surface area contributed by atoms with E-state index in [0.29, 0.717) is 44.9 Å². The molecular formula is C21H30N4O4S. The molecule has 30 heavy (non-hydrogen) atoms. The molecule has 1 atom stereocenters. The normalized spacial score (nSPS) is 19.9. The highest BCUT2D eigenvalue weighted by Gasteiger charge is 2.31. The van der Waals surface area contributed by atoms with Crippen LogP contribution in [-0.4, -0.2) is 71.1 Å². The highest BCUT2D eigenvalue weighted by Crippen LogP contribution is 2.28. The maximum atomic E-state index is 12.4. The molecule has 3 rings (SSSR count). The second-order valence-electron chi connectivity index (χ2n) is 8.71. The van der Waals surface area contributed by atoms with Crippen molar-refractivity contribution in [2.24, 2.45) is 5.92 Å². The van der Waals surface area contributed by atoms with Crippen LogP contribution < -0.4 is 9.80 Å². The average Bonchev–Trinajstić information content (AvgIpc) is 3.06. The van der Waals surface area contributed by atoms with Crippen molar-refractivity contribution in [3.05, 3.63) is 18.3 Å². The van der Waals surface area contributed by atoms with Crippen LogP contribution in [0.5, 0.6) is 0 Å². The van der Waals surface area contributed by atoms with Crippen molar-refractivity contribution in [1.29, 1.82) is 0 Å². The zero-order valence-corrected chi connectivity index (χ0v) is 18.9. The Morgan fingerprint density at radius 1 is 1.20 bits per heavy atom. The summed E-state index contributed by atoms with van der Waals surface area (Å²) in [5.74, 6) is 1.76. The van der Waals surface area contributed by atoms with E-state index >= 15 is 0 Å². The monoisotopic (exact) mass is 434 g/mol. The summed E-state index contributed by atoms with van der Waals surface area (Å²) < 4.78 is 5.44. The fourth-order valence-electron chi connectivity index (χ4n) is 3.55. The molecule has 0 saturated carbocycles. The minimum atomic E-state index is -0.498. The van der Waals surface area contributed by atoms with Crippen molar-refractivity contribution in [3.8, 4) is 0 Å². The fraction of sp³-hybridized carbons (Fsp3) is 0.619. The molecule has 9 heteroatoms. The van der Waals surface area contributed by atoms with Gasteiger partial charge >= 0.3 is 6.09 Å². The molecule has 0 spiro atoms. The first kappa shape index (κ1) is 22.4. The summed E-state index contributed by atoms with van der Waals surface area (Å²) in [7, 11) is 0. The molecule has 2 amide bonds. The molecule has 0 N–H and O–H groups in total. The van der Waals surface area contributed by atoms with Gasteiger partial charge in [-0.1, -0.05) is 11.8 Å². The van der Waals surface area contributed by atoms with Gasteiger partial charge in [-0.25, -0.2) is 9.78 Å². The molecule has 2 saturated heterocycles. The quantitative estimate of drug-likeness (QED) is 0.720. The van der Waals surface area contributed by atoms with Crippen molar-refractivity contribution in [3.63, 3.8) is 0 Å². The van der Waals surface area contributed by atoms with Crippen LogP contribution in [-0.2, 0) is 14.3 Å². The van der Waals surface area contributed by atoms with E-state index in [2.05, 4.69) is 9.88 Å². The SMILES string of the molecule is CC(=O)SCC1CC(=O)N(c2ccc(N3CCN(C(=O)OC(C)(C)C)CC3)nc2)C1. The molecule has 164 valence electrons. The lowest BCUT2D eigenvalue weighted by atomic mass is 10.1. The van der Waals surface area contributed by atoms with Gasteiger partial charge in [0.25, 0.3) is 0 Å². The summed E-state index contributed by atoms with van der Waals surface area (Å²) in [6.45, 7) is 10.3. The minimum Gasteiger partial charge on any atom is -0.444 e. The average molecular weight is 435 g/mol. The van der Waals surface area contributed by atoms with Crippen LogP contribution in [0.4, 0.5) is 16.3 Å². The number of pyridine rings is 1. The van der Waals surface area contributed by atoms with Gasteiger partial charge in [0.1, 0.15) is 11.4 Å². The van der Waals surface area contributed by atoms with Crippen molar-refractivity contribution in [2.75, 3.05) is 48.3 Å². The number of rotatable bonds is 4. The zero-order chi connectivity index (χ0) is 21.9. The lowest BCUT2D eigenvalue weighted by Gasteiger charge is -2.36. The summed E-state index contributed by atoms with van der Waals surface area (Å²) in [4.78, 5) is 45.9. The maximum Gasteiger partial charge on any atom is 0.410 e. The van der Waals surface area contributed by atoms with Gasteiger partial charge < -0.3 is 19.4 Å². The molecule has 0 aliphatic carbocycles. The van der Waals surface area contributed by atoms with E-state index < -0.39 is 5.60 Å². The van der Waals surface area contributed by atoms with Crippen molar-refractivity contribution in [2.45, 2.75) is 39.7 Å². The summed E-state index contributed by atoms with van der Waals surface area (Å²) in [6.07, 6.45) is 1.92. The van der Waals surface area contributed by atoms with Gasteiger partial charge in [0.15, 0.2) is 5.12 Å². The third kappa shape index (κ3) is 5.87. The summed E-state index contributed by atoms with van der Waals surface area (Å²) in [6, 6.07) is 3.84. The van der Waals surface area contributed by atoms with Crippen LogP contribution in [0.3, 0.4) is 0 Å². The largest absolute Gasteiger partial charge is 0.444 e. The number of amides is 2. The molecule has 2 aliphatic rings. The molecule has 0 bridgehead atoms. The van der Waals surface area contributed by atoms with E-state index in [1.165, 1.54) is 11.8 Å². The fourth-order valence-corrected chi connectivity index (χ4v) is 4.24. The van der Waals surface area contributed by atoms with Crippen LogP contribution in [0.1, 0.15) is 34.1 Å². The van der Waals surface area contributed by atoms with E-state index in [1.807, 2.05) is 32.9 Å². The second kappa shape index (κ2) is 9.24. The van der Waals surface area contributed by atoms with Crippen LogP contribution in [0.15, 0.2) is 18.3 Å². The number of carbonyl (C=O) groups is 3. The standard InChI is InChI=1S/C21H30N4O4S/c1-15(26)30-14-16-11-19(27)25(13-16)17-5-6-18(22-12-17)23-7-9-24(10-8-23)20(28)29-21(2,3)4/h5-6,12,16H,7-11,13-14H2,1-4H3. The Morgan fingerprint density at radius 2 is 1.90 bits per heavy atom. The van der Waals surface area contributed by atoms with Crippen molar-refractivity contribution in [1.82, 2.24) is 9.88 Å². The maximum absolute atomic E-state index is 12.4. The molecule has 2 aliphatic heterocycles. The third-order valence-corrected chi connectivity index (χ3v) is 6.07. The summed E-state index contributed by atoms with van der Waals surface area (Å²) in [5, 5.41) is 0.0821. The second-order valence-corrected chi connectivity index (χ2v) is 9.90. The summed E-state index contributed by atoms with van der Waals surface area (Å²) >= 11 is 1.28. The Bertz CT molecular complexity index is 785. The van der Waals surface area contributed by atoms with Gasteiger partial charge in [-0.3, -0.25) is 9.59 Å². The Hall–Kier alpha value is -2.29. The predicted molar refractivity (Wildman–Crippen MR) is 118 cm³/mol. The number of ether oxygens (including phenoxy) is 1. The van der Waals surface area contributed by atoms with E-state index in [9.17, 15) is 14.4 Å². The number of anilines is 2. The summed E-state index contributed by atoms with van der Waals surface area (Å²) in [5.41, 5.74) is 0.286. The number of hydrogen-bond acceptors (Lipinski definition) is 7. The van der Waals surface area contributed by atoms with E-state index in [1.54, 1.807) is 22.9 Å². The lowest BCUT2D eigenvalue weighted by molar-refractivity contribution is -0.117. The molecule has 0 radical (unpaired) electrons. The van der Waals surface area contributed by atoms with Crippen LogP contribution >= 0.6 is 11.8 Å².